The van der Waals surface area contributed by atoms with E-state index in [1.165, 1.54) is 0 Å². The first-order chi connectivity index (χ1) is 6.66. The van der Waals surface area contributed by atoms with Crippen molar-refractivity contribution in [2.24, 2.45) is 0 Å². The number of anilines is 1. The molecule has 1 aromatic rings. The van der Waals surface area contributed by atoms with Gasteiger partial charge < -0.3 is 15.2 Å². The van der Waals surface area contributed by atoms with Crippen molar-refractivity contribution in [2.75, 3.05) is 18.9 Å². The van der Waals surface area contributed by atoms with E-state index >= 15 is 0 Å². The molecule has 0 saturated carbocycles. The van der Waals surface area contributed by atoms with Gasteiger partial charge in [-0.3, -0.25) is 0 Å². The van der Waals surface area contributed by atoms with Gasteiger partial charge in [-0.2, -0.15) is 0 Å². The fraction of sp³-hybridized carbons (Fsp3) is 0.429. The monoisotopic (exact) mass is 169 g/mol. The van der Waals surface area contributed by atoms with E-state index in [4.69, 9.17) is 17.9 Å². The Morgan fingerprint density at radius 3 is 2.75 bits per heavy atom. The molecule has 1 aliphatic heterocycles. The summed E-state index contributed by atoms with van der Waals surface area (Å²) in [6.07, 6.45) is -0.432. The van der Waals surface area contributed by atoms with Crippen LogP contribution in [0.15, 0.2) is 12.3 Å². The average molecular weight is 169 g/mol. The molecule has 2 rings (SSSR count). The van der Waals surface area contributed by atoms with Crippen LogP contribution in [-0.4, -0.2) is 29.3 Å². The molecule has 5 nitrogen and oxygen atoms in total. The van der Waals surface area contributed by atoms with Crippen molar-refractivity contribution in [1.29, 1.82) is 0 Å². The lowest BCUT2D eigenvalue weighted by Gasteiger charge is -2.25. The normalized spacial score (nSPS) is 19.3. The van der Waals surface area contributed by atoms with E-state index in [2.05, 4.69) is 9.97 Å². The molecule has 1 saturated heterocycles. The van der Waals surface area contributed by atoms with Crippen LogP contribution in [0, 0.1) is 0 Å². The van der Waals surface area contributed by atoms with Crippen LogP contribution in [0.5, 0.6) is 6.01 Å². The second-order valence-corrected chi connectivity index (χ2v) is 2.42. The fourth-order valence-corrected chi connectivity index (χ4v) is 0.750. The minimum absolute atomic E-state index is 0.0162. The van der Waals surface area contributed by atoms with Crippen molar-refractivity contribution >= 4 is 5.69 Å². The SMILES string of the molecule is [2H]c1nc(OC2COC2)nc([2H])c1N. The van der Waals surface area contributed by atoms with E-state index in [0.717, 1.165) is 0 Å². The van der Waals surface area contributed by atoms with Gasteiger partial charge in [0.15, 0.2) is 0 Å². The second-order valence-electron chi connectivity index (χ2n) is 2.42. The Hall–Kier alpha value is -1.36. The average Bonchev–Trinajstić information content (AvgIpc) is 2.07. The molecule has 0 aliphatic carbocycles. The molecule has 0 spiro atoms. The maximum atomic E-state index is 7.31. The summed E-state index contributed by atoms with van der Waals surface area (Å²) in [5.41, 5.74) is 5.31. The smallest absolute Gasteiger partial charge is 0.316 e. The van der Waals surface area contributed by atoms with Gasteiger partial charge >= 0.3 is 6.01 Å². The molecule has 0 radical (unpaired) electrons. The summed E-state index contributed by atoms with van der Waals surface area (Å²) in [6, 6.07) is 0.0162. The molecule has 1 aromatic heterocycles. The van der Waals surface area contributed by atoms with E-state index < -0.39 is 0 Å². The van der Waals surface area contributed by atoms with Crippen LogP contribution in [0.2, 0.25) is 0 Å². The number of nitrogens with zero attached hydrogens (tertiary/aromatic N) is 2. The standard InChI is InChI=1S/C7H9N3O2/c8-5-1-9-7(10-2-5)12-6-3-11-4-6/h1-2,6H,3-4,8H2/i1D,2D. The van der Waals surface area contributed by atoms with Crippen LogP contribution in [0.3, 0.4) is 0 Å². The molecule has 0 unspecified atom stereocenters. The topological polar surface area (TPSA) is 70.3 Å². The summed E-state index contributed by atoms with van der Waals surface area (Å²) in [7, 11) is 0. The Bertz CT molecular complexity index is 334. The zero-order chi connectivity index (χ0) is 10.1. The molecule has 0 bridgehead atoms. The summed E-state index contributed by atoms with van der Waals surface area (Å²) >= 11 is 0. The first-order valence-electron chi connectivity index (χ1n) is 4.52. The van der Waals surface area contributed by atoms with Gasteiger partial charge in [-0.15, -0.1) is 0 Å². The Balaban J connectivity index is 2.17. The predicted octanol–water partition coefficient (Wildman–Crippen LogP) is -0.164. The van der Waals surface area contributed by atoms with E-state index in [9.17, 15) is 0 Å². The van der Waals surface area contributed by atoms with Crippen molar-refractivity contribution in [3.8, 4) is 6.01 Å². The highest BCUT2D eigenvalue weighted by atomic mass is 16.6. The van der Waals surface area contributed by atoms with Gasteiger partial charge in [0.05, 0.1) is 34.0 Å². The molecule has 64 valence electrons. The highest BCUT2D eigenvalue weighted by Crippen LogP contribution is 2.10. The molecular formula is C7H9N3O2. The summed E-state index contributed by atoms with van der Waals surface area (Å²) in [5.74, 6) is 0. The molecule has 5 heteroatoms. The van der Waals surface area contributed by atoms with Crippen LogP contribution in [-0.2, 0) is 4.74 Å². The predicted molar refractivity (Wildman–Crippen MR) is 41.7 cm³/mol. The molecule has 0 atom stereocenters. The summed E-state index contributed by atoms with van der Waals surface area (Å²) < 4.78 is 24.7. The molecule has 1 fully saturated rings. The maximum Gasteiger partial charge on any atom is 0.316 e. The molecule has 0 amide bonds. The van der Waals surface area contributed by atoms with Crippen LogP contribution in [0.4, 0.5) is 5.69 Å². The van der Waals surface area contributed by atoms with Crippen molar-refractivity contribution < 1.29 is 12.2 Å². The molecular weight excluding hydrogens is 158 g/mol. The van der Waals surface area contributed by atoms with E-state index in [1.807, 2.05) is 0 Å². The van der Waals surface area contributed by atoms with Gasteiger partial charge in [0.25, 0.3) is 0 Å². The Morgan fingerprint density at radius 1 is 1.58 bits per heavy atom. The first kappa shape index (κ1) is 5.31. The minimum Gasteiger partial charge on any atom is -0.455 e. The lowest BCUT2D eigenvalue weighted by atomic mass is 10.3. The van der Waals surface area contributed by atoms with Gasteiger partial charge in [0.1, 0.15) is 6.10 Å². The Morgan fingerprint density at radius 2 is 2.25 bits per heavy atom. The van der Waals surface area contributed by atoms with Crippen LogP contribution in [0.25, 0.3) is 0 Å². The number of ether oxygens (including phenoxy) is 2. The first-order valence-corrected chi connectivity index (χ1v) is 3.52. The maximum absolute atomic E-state index is 7.31. The Labute approximate surface area is 72.3 Å². The van der Waals surface area contributed by atoms with Crippen molar-refractivity contribution in [2.45, 2.75) is 6.10 Å². The molecule has 1 aliphatic rings. The van der Waals surface area contributed by atoms with Crippen molar-refractivity contribution in [3.63, 3.8) is 0 Å². The van der Waals surface area contributed by atoms with E-state index in [-0.39, 0.29) is 30.1 Å². The molecule has 2 N–H and O–H groups in total. The third-order valence-corrected chi connectivity index (χ3v) is 1.42. The van der Waals surface area contributed by atoms with Crippen molar-refractivity contribution in [1.82, 2.24) is 9.97 Å². The highest BCUT2D eigenvalue weighted by Gasteiger charge is 2.20. The van der Waals surface area contributed by atoms with Gasteiger partial charge in [-0.1, -0.05) is 0 Å². The fourth-order valence-electron chi connectivity index (χ4n) is 0.750. The van der Waals surface area contributed by atoms with Gasteiger partial charge in [0.2, 0.25) is 0 Å². The summed E-state index contributed by atoms with van der Waals surface area (Å²) in [5, 5.41) is 0. The quantitative estimate of drug-likeness (QED) is 0.666. The van der Waals surface area contributed by atoms with Crippen molar-refractivity contribution in [3.05, 3.63) is 12.3 Å². The third kappa shape index (κ3) is 1.45. The number of hydrogen-bond donors (Lipinski definition) is 1. The minimum atomic E-state index is -0.180. The second kappa shape index (κ2) is 2.94. The number of aromatic nitrogens is 2. The number of nitrogen functional groups attached to an aromatic ring is 1. The number of hydrogen-bond acceptors (Lipinski definition) is 5. The Kier molecular flexibility index (Phi) is 1.30. The number of nitrogens with two attached hydrogens (primary N) is 1. The molecule has 12 heavy (non-hydrogen) atoms. The summed E-state index contributed by atoms with van der Waals surface area (Å²) in [4.78, 5) is 7.38. The largest absolute Gasteiger partial charge is 0.455 e. The zero-order valence-electron chi connectivity index (χ0n) is 8.28. The zero-order valence-corrected chi connectivity index (χ0v) is 6.28. The van der Waals surface area contributed by atoms with Crippen LogP contribution >= 0.6 is 0 Å². The lowest BCUT2D eigenvalue weighted by Crippen LogP contribution is -2.38. The van der Waals surface area contributed by atoms with Crippen LogP contribution in [0.1, 0.15) is 2.74 Å². The third-order valence-electron chi connectivity index (χ3n) is 1.42. The highest BCUT2D eigenvalue weighted by molar-refractivity contribution is 5.30. The molecule has 2 heterocycles. The van der Waals surface area contributed by atoms with Gasteiger partial charge in [-0.05, 0) is 0 Å². The van der Waals surface area contributed by atoms with E-state index in [1.54, 1.807) is 0 Å². The van der Waals surface area contributed by atoms with Gasteiger partial charge in [0, 0.05) is 0 Å². The lowest BCUT2D eigenvalue weighted by molar-refractivity contribution is -0.0831. The van der Waals surface area contributed by atoms with Gasteiger partial charge in [-0.25, -0.2) is 9.97 Å². The van der Waals surface area contributed by atoms with Crippen LogP contribution < -0.4 is 10.5 Å². The number of rotatable bonds is 2. The summed E-state index contributed by atoms with van der Waals surface area (Å²) in [6.45, 7) is 0.989. The van der Waals surface area contributed by atoms with E-state index in [0.29, 0.717) is 13.2 Å². The molecule has 0 aromatic carbocycles.